The van der Waals surface area contributed by atoms with Crippen molar-refractivity contribution in [1.29, 1.82) is 0 Å². The molecular formula is C31H43N3O3S. The number of carbonyl (C=O) groups excluding carboxylic acids is 1. The molecule has 2 bridgehead atoms. The first-order valence-electron chi connectivity index (χ1n) is 14.1. The van der Waals surface area contributed by atoms with Gasteiger partial charge >= 0.3 is 0 Å². The van der Waals surface area contributed by atoms with Gasteiger partial charge in [0.25, 0.3) is 0 Å². The van der Waals surface area contributed by atoms with Crippen molar-refractivity contribution < 1.29 is 13.2 Å². The molecule has 6 nitrogen and oxygen atoms in total. The summed E-state index contributed by atoms with van der Waals surface area (Å²) in [6, 6.07) is 13.1. The molecule has 0 spiro atoms. The highest BCUT2D eigenvalue weighted by Crippen LogP contribution is 2.59. The van der Waals surface area contributed by atoms with Crippen LogP contribution in [0.15, 0.2) is 59.0 Å². The lowest BCUT2D eigenvalue weighted by Crippen LogP contribution is -2.53. The molecule has 1 aliphatic heterocycles. The minimum atomic E-state index is -3.57. The van der Waals surface area contributed by atoms with Crippen LogP contribution < -0.4 is 0 Å². The van der Waals surface area contributed by atoms with Crippen molar-refractivity contribution in [2.45, 2.75) is 52.4 Å². The summed E-state index contributed by atoms with van der Waals surface area (Å²) in [5.41, 5.74) is 1.34. The average molecular weight is 538 g/mol. The van der Waals surface area contributed by atoms with Gasteiger partial charge in [-0.05, 0) is 41.5 Å². The maximum atomic E-state index is 13.5. The molecule has 0 N–H and O–H groups in total. The first-order valence-corrected chi connectivity index (χ1v) is 15.5. The van der Waals surface area contributed by atoms with Crippen LogP contribution in [0.3, 0.4) is 0 Å². The molecule has 206 valence electrons. The van der Waals surface area contributed by atoms with Gasteiger partial charge in [-0.15, -0.1) is 0 Å². The van der Waals surface area contributed by atoms with E-state index in [1.54, 1.807) is 10.4 Å². The highest BCUT2D eigenvalue weighted by atomic mass is 32.2. The summed E-state index contributed by atoms with van der Waals surface area (Å²) in [5.74, 6) is 1.55. The number of piperazine rings is 1. The fourth-order valence-corrected chi connectivity index (χ4v) is 8.25. The first-order chi connectivity index (χ1) is 17.9. The molecule has 2 atom stereocenters. The average Bonchev–Trinajstić information content (AvgIpc) is 2.90. The molecule has 0 aromatic heterocycles. The van der Waals surface area contributed by atoms with Gasteiger partial charge in [-0.25, -0.2) is 8.42 Å². The number of carbonyl (C=O) groups is 1. The zero-order chi connectivity index (χ0) is 27.3. The topological polar surface area (TPSA) is 60.9 Å². The van der Waals surface area contributed by atoms with Crippen LogP contribution in [0.25, 0.3) is 10.8 Å². The Morgan fingerprint density at radius 1 is 1.03 bits per heavy atom. The Bertz CT molecular complexity index is 1330. The Morgan fingerprint density at radius 2 is 1.71 bits per heavy atom. The second-order valence-corrected chi connectivity index (χ2v) is 14.9. The van der Waals surface area contributed by atoms with Crippen molar-refractivity contribution in [1.82, 2.24) is 14.1 Å². The summed E-state index contributed by atoms with van der Waals surface area (Å²) >= 11 is 0. The van der Waals surface area contributed by atoms with Crippen molar-refractivity contribution in [2.24, 2.45) is 22.7 Å². The van der Waals surface area contributed by atoms with E-state index in [1.165, 1.54) is 12.0 Å². The van der Waals surface area contributed by atoms with Crippen LogP contribution in [0, 0.1) is 22.7 Å². The van der Waals surface area contributed by atoms with Gasteiger partial charge in [-0.1, -0.05) is 82.7 Å². The monoisotopic (exact) mass is 537 g/mol. The maximum Gasteiger partial charge on any atom is 0.243 e. The number of amides is 1. The number of benzene rings is 2. The Hall–Kier alpha value is -2.22. The summed E-state index contributed by atoms with van der Waals surface area (Å²) in [4.78, 5) is 18.2. The van der Waals surface area contributed by atoms with Crippen molar-refractivity contribution in [2.75, 3.05) is 45.8 Å². The largest absolute Gasteiger partial charge is 0.337 e. The Balaban J connectivity index is 1.22. The van der Waals surface area contributed by atoms with Gasteiger partial charge in [0.1, 0.15) is 0 Å². The third kappa shape index (κ3) is 5.05. The lowest BCUT2D eigenvalue weighted by Gasteiger charge is -2.57. The van der Waals surface area contributed by atoms with E-state index in [0.717, 1.165) is 29.7 Å². The van der Waals surface area contributed by atoms with E-state index >= 15 is 0 Å². The predicted molar refractivity (Wildman–Crippen MR) is 153 cm³/mol. The highest BCUT2D eigenvalue weighted by Gasteiger charge is 2.51. The smallest absolute Gasteiger partial charge is 0.243 e. The fraction of sp³-hybridized carbons (Fsp3) is 0.581. The summed E-state index contributed by atoms with van der Waals surface area (Å²) < 4.78 is 28.7. The minimum Gasteiger partial charge on any atom is -0.337 e. The molecule has 0 radical (unpaired) electrons. The Kier molecular flexibility index (Phi) is 7.25. The molecule has 2 unspecified atom stereocenters. The summed E-state index contributed by atoms with van der Waals surface area (Å²) in [7, 11) is -3.57. The van der Waals surface area contributed by atoms with E-state index in [0.29, 0.717) is 55.5 Å². The third-order valence-corrected chi connectivity index (χ3v) is 11.2. The summed E-state index contributed by atoms with van der Waals surface area (Å²) in [5, 5.41) is 1.71. The van der Waals surface area contributed by atoms with Crippen LogP contribution in [0.5, 0.6) is 0 Å². The molecule has 2 aromatic rings. The van der Waals surface area contributed by atoms with Crippen LogP contribution >= 0.6 is 0 Å². The lowest BCUT2D eigenvalue weighted by molar-refractivity contribution is -0.139. The number of fused-ring (bicyclic) bond motifs is 2. The zero-order valence-corrected chi connectivity index (χ0v) is 24.4. The van der Waals surface area contributed by atoms with Crippen molar-refractivity contribution >= 4 is 26.7 Å². The highest BCUT2D eigenvalue weighted by molar-refractivity contribution is 7.89. The number of rotatable bonds is 7. The van der Waals surface area contributed by atoms with Crippen LogP contribution in [0.2, 0.25) is 0 Å². The maximum absolute atomic E-state index is 13.5. The van der Waals surface area contributed by atoms with Gasteiger partial charge in [0, 0.05) is 56.6 Å². The van der Waals surface area contributed by atoms with Crippen LogP contribution in [0.1, 0.15) is 47.5 Å². The number of hydrogen-bond acceptors (Lipinski definition) is 4. The molecule has 1 saturated carbocycles. The summed E-state index contributed by atoms with van der Waals surface area (Å²) in [6.07, 6.45) is 4.77. The zero-order valence-electron chi connectivity index (χ0n) is 23.6. The molecule has 1 amide bonds. The van der Waals surface area contributed by atoms with Gasteiger partial charge in [-0.3, -0.25) is 9.69 Å². The number of nitrogens with zero attached hydrogens (tertiary/aromatic N) is 3. The van der Waals surface area contributed by atoms with Crippen LogP contribution in [-0.2, 0) is 14.8 Å². The van der Waals surface area contributed by atoms with Gasteiger partial charge in [0.05, 0.1) is 4.90 Å². The molecule has 3 aliphatic carbocycles. The molecule has 6 rings (SSSR count). The number of sulfonamides is 1. The van der Waals surface area contributed by atoms with E-state index in [9.17, 15) is 13.2 Å². The molecule has 1 saturated heterocycles. The summed E-state index contributed by atoms with van der Waals surface area (Å²) in [6.45, 7) is 15.1. The fourth-order valence-electron chi connectivity index (χ4n) is 6.62. The standard InChI is InChI=1S/C31H43N3O3S/c1-30(2,3)29(35)33(22-24-13-14-25-21-27(24)31(25,4)5)18-15-32-16-19-34(20-17-32)38(36,37)28-12-8-10-23-9-6-7-11-26(23)28/h6-13,25,27H,14-22H2,1-5H3. The van der Waals surface area contributed by atoms with E-state index in [1.807, 2.05) is 57.2 Å². The normalized spacial score (nSPS) is 24.1. The van der Waals surface area contributed by atoms with Gasteiger partial charge < -0.3 is 4.90 Å². The van der Waals surface area contributed by atoms with Crippen molar-refractivity contribution in [3.8, 4) is 0 Å². The second-order valence-electron chi connectivity index (χ2n) is 13.0. The Labute approximate surface area is 228 Å². The third-order valence-electron chi connectivity index (χ3n) is 9.27. The van der Waals surface area contributed by atoms with Gasteiger partial charge in [0.2, 0.25) is 15.9 Å². The van der Waals surface area contributed by atoms with E-state index in [-0.39, 0.29) is 5.91 Å². The molecule has 2 aromatic carbocycles. The molecular weight excluding hydrogens is 494 g/mol. The van der Waals surface area contributed by atoms with E-state index in [4.69, 9.17) is 0 Å². The minimum absolute atomic E-state index is 0.190. The SMILES string of the molecule is CC(C)(C)C(=O)N(CCN1CCN(S(=O)(=O)c2cccc3ccccc23)CC1)CC1=CCC2CC1C2(C)C. The quantitative estimate of drug-likeness (QED) is 0.466. The van der Waals surface area contributed by atoms with Crippen LogP contribution in [-0.4, -0.2) is 74.2 Å². The predicted octanol–water partition coefficient (Wildman–Crippen LogP) is 5.01. The van der Waals surface area contributed by atoms with E-state index < -0.39 is 15.4 Å². The molecule has 7 heteroatoms. The number of allylic oxidation sites excluding steroid dienone is 1. The second kappa shape index (κ2) is 10.1. The molecule has 1 heterocycles. The molecule has 38 heavy (non-hydrogen) atoms. The number of hydrogen-bond donors (Lipinski definition) is 0. The first kappa shape index (κ1) is 27.4. The van der Waals surface area contributed by atoms with Gasteiger partial charge in [-0.2, -0.15) is 4.31 Å². The van der Waals surface area contributed by atoms with Crippen molar-refractivity contribution in [3.63, 3.8) is 0 Å². The Morgan fingerprint density at radius 3 is 2.37 bits per heavy atom. The molecule has 4 aliphatic rings. The van der Waals surface area contributed by atoms with Crippen molar-refractivity contribution in [3.05, 3.63) is 54.1 Å². The van der Waals surface area contributed by atoms with Gasteiger partial charge in [0.15, 0.2) is 0 Å². The van der Waals surface area contributed by atoms with E-state index in [2.05, 4.69) is 29.7 Å². The van der Waals surface area contributed by atoms with Crippen LogP contribution in [0.4, 0.5) is 0 Å². The lowest BCUT2D eigenvalue weighted by atomic mass is 9.49. The molecule has 2 fully saturated rings.